The van der Waals surface area contributed by atoms with E-state index in [4.69, 9.17) is 11.6 Å². The summed E-state index contributed by atoms with van der Waals surface area (Å²) >= 11 is 7.40. The van der Waals surface area contributed by atoms with E-state index in [9.17, 15) is 0 Å². The van der Waals surface area contributed by atoms with Gasteiger partial charge in [0.25, 0.3) is 0 Å². The molecule has 0 aliphatic heterocycles. The molecule has 0 fully saturated rings. The van der Waals surface area contributed by atoms with Gasteiger partial charge in [-0.3, -0.25) is 5.43 Å². The van der Waals surface area contributed by atoms with Gasteiger partial charge in [-0.2, -0.15) is 5.10 Å². The van der Waals surface area contributed by atoms with Crippen molar-refractivity contribution in [3.63, 3.8) is 0 Å². The van der Waals surface area contributed by atoms with Crippen LogP contribution in [-0.4, -0.2) is 10.7 Å². The van der Waals surface area contributed by atoms with Crippen LogP contribution in [0.25, 0.3) is 11.3 Å². The second kappa shape index (κ2) is 5.98. The van der Waals surface area contributed by atoms with Gasteiger partial charge in [0.05, 0.1) is 5.69 Å². The number of hydrazone groups is 1. The van der Waals surface area contributed by atoms with Crippen LogP contribution in [0.5, 0.6) is 0 Å². The van der Waals surface area contributed by atoms with E-state index < -0.39 is 0 Å². The summed E-state index contributed by atoms with van der Waals surface area (Å²) in [5.74, 6) is 0. The van der Waals surface area contributed by atoms with Crippen LogP contribution in [0.3, 0.4) is 0 Å². The number of hydrogen-bond donors (Lipinski definition) is 1. The number of thiazole rings is 1. The fourth-order valence-electron chi connectivity index (χ4n) is 1.30. The lowest BCUT2D eigenvalue weighted by Gasteiger charge is -1.97. The summed E-state index contributed by atoms with van der Waals surface area (Å²) in [7, 11) is 0. The Bertz CT molecular complexity index is 546. The van der Waals surface area contributed by atoms with Crippen molar-refractivity contribution in [3.8, 4) is 11.3 Å². The van der Waals surface area contributed by atoms with E-state index in [2.05, 4.69) is 22.4 Å². The van der Waals surface area contributed by atoms with Crippen LogP contribution >= 0.6 is 22.9 Å². The Balaban J connectivity index is 2.13. The van der Waals surface area contributed by atoms with Crippen molar-refractivity contribution in [1.29, 1.82) is 0 Å². The lowest BCUT2D eigenvalue weighted by Crippen LogP contribution is -1.95. The van der Waals surface area contributed by atoms with Gasteiger partial charge in [0, 0.05) is 21.7 Å². The fourth-order valence-corrected chi connectivity index (χ4v) is 2.09. The SMILES string of the molecule is CC/C(C)=N\Nc1nc(-c2ccc(Cl)cc2)cs1. The molecule has 1 N–H and O–H groups in total. The summed E-state index contributed by atoms with van der Waals surface area (Å²) in [4.78, 5) is 4.47. The topological polar surface area (TPSA) is 37.3 Å². The van der Waals surface area contributed by atoms with Crippen LogP contribution in [-0.2, 0) is 0 Å². The minimum Gasteiger partial charge on any atom is -0.253 e. The molecule has 1 heterocycles. The van der Waals surface area contributed by atoms with Crippen LogP contribution in [0.2, 0.25) is 5.02 Å². The summed E-state index contributed by atoms with van der Waals surface area (Å²) in [6.45, 7) is 4.06. The minimum absolute atomic E-state index is 0.732. The smallest absolute Gasteiger partial charge is 0.203 e. The van der Waals surface area contributed by atoms with Crippen LogP contribution in [0, 0.1) is 0 Å². The lowest BCUT2D eigenvalue weighted by molar-refractivity contribution is 1.20. The Labute approximate surface area is 116 Å². The Kier molecular flexibility index (Phi) is 4.33. The zero-order chi connectivity index (χ0) is 13.0. The number of nitrogens with zero attached hydrogens (tertiary/aromatic N) is 2. The zero-order valence-corrected chi connectivity index (χ0v) is 11.8. The lowest BCUT2D eigenvalue weighted by atomic mass is 10.2. The van der Waals surface area contributed by atoms with Crippen molar-refractivity contribution in [2.45, 2.75) is 20.3 Å². The van der Waals surface area contributed by atoms with Crippen LogP contribution in [0.15, 0.2) is 34.7 Å². The normalized spacial score (nSPS) is 11.6. The molecule has 0 saturated carbocycles. The number of benzene rings is 1. The third-order valence-electron chi connectivity index (χ3n) is 2.50. The second-order valence-corrected chi connectivity index (χ2v) is 5.15. The molecule has 0 radical (unpaired) electrons. The largest absolute Gasteiger partial charge is 0.253 e. The third-order valence-corrected chi connectivity index (χ3v) is 3.50. The first-order chi connectivity index (χ1) is 8.69. The minimum atomic E-state index is 0.732. The van der Waals surface area contributed by atoms with Crippen molar-refractivity contribution in [2.24, 2.45) is 5.10 Å². The van der Waals surface area contributed by atoms with E-state index in [-0.39, 0.29) is 0 Å². The third kappa shape index (κ3) is 3.31. The molecular formula is C13H14ClN3S. The Morgan fingerprint density at radius 2 is 2.11 bits per heavy atom. The molecule has 3 nitrogen and oxygen atoms in total. The maximum Gasteiger partial charge on any atom is 0.203 e. The highest BCUT2D eigenvalue weighted by Crippen LogP contribution is 2.25. The number of anilines is 1. The Morgan fingerprint density at radius 1 is 1.39 bits per heavy atom. The van der Waals surface area contributed by atoms with Crippen molar-refractivity contribution in [3.05, 3.63) is 34.7 Å². The number of aromatic nitrogens is 1. The molecule has 1 aromatic heterocycles. The molecule has 18 heavy (non-hydrogen) atoms. The predicted octanol–water partition coefficient (Wildman–Crippen LogP) is 4.66. The van der Waals surface area contributed by atoms with Gasteiger partial charge in [0.1, 0.15) is 0 Å². The van der Waals surface area contributed by atoms with Gasteiger partial charge in [-0.25, -0.2) is 4.98 Å². The molecule has 0 aliphatic rings. The van der Waals surface area contributed by atoms with Crippen LogP contribution in [0.4, 0.5) is 5.13 Å². The monoisotopic (exact) mass is 279 g/mol. The molecule has 94 valence electrons. The Hall–Kier alpha value is -1.39. The van der Waals surface area contributed by atoms with E-state index in [0.717, 1.165) is 33.5 Å². The molecule has 0 bridgehead atoms. The van der Waals surface area contributed by atoms with Crippen LogP contribution < -0.4 is 5.43 Å². The predicted molar refractivity (Wildman–Crippen MR) is 79.6 cm³/mol. The standard InChI is InChI=1S/C13H14ClN3S/c1-3-9(2)16-17-13-15-12(8-18-13)10-4-6-11(14)7-5-10/h4-8H,3H2,1-2H3,(H,15,17)/b16-9-. The molecule has 2 aromatic rings. The molecule has 0 unspecified atom stereocenters. The van der Waals surface area contributed by atoms with E-state index in [1.54, 1.807) is 0 Å². The van der Waals surface area contributed by atoms with Crippen molar-refractivity contribution in [1.82, 2.24) is 4.98 Å². The van der Waals surface area contributed by atoms with E-state index in [1.807, 2.05) is 36.6 Å². The summed E-state index contributed by atoms with van der Waals surface area (Å²) in [5, 5.41) is 7.76. The summed E-state index contributed by atoms with van der Waals surface area (Å²) < 4.78 is 0. The van der Waals surface area contributed by atoms with Crippen LogP contribution in [0.1, 0.15) is 20.3 Å². The average molecular weight is 280 g/mol. The van der Waals surface area contributed by atoms with Crippen molar-refractivity contribution >= 4 is 33.8 Å². The highest BCUT2D eigenvalue weighted by Gasteiger charge is 2.03. The van der Waals surface area contributed by atoms with Gasteiger partial charge in [-0.1, -0.05) is 30.7 Å². The summed E-state index contributed by atoms with van der Waals surface area (Å²) in [6.07, 6.45) is 0.933. The first-order valence-electron chi connectivity index (χ1n) is 5.69. The van der Waals surface area contributed by atoms with Gasteiger partial charge in [0.2, 0.25) is 5.13 Å². The summed E-state index contributed by atoms with van der Waals surface area (Å²) in [5.41, 5.74) is 6.01. The maximum absolute atomic E-state index is 5.86. The number of rotatable bonds is 4. The second-order valence-electron chi connectivity index (χ2n) is 3.86. The molecular weight excluding hydrogens is 266 g/mol. The summed E-state index contributed by atoms with van der Waals surface area (Å²) in [6, 6.07) is 7.65. The molecule has 0 amide bonds. The average Bonchev–Trinajstić information content (AvgIpc) is 2.85. The molecule has 0 aliphatic carbocycles. The molecule has 1 aromatic carbocycles. The molecule has 5 heteroatoms. The first-order valence-corrected chi connectivity index (χ1v) is 6.95. The highest BCUT2D eigenvalue weighted by molar-refractivity contribution is 7.14. The molecule has 0 saturated heterocycles. The molecule has 0 spiro atoms. The highest BCUT2D eigenvalue weighted by atomic mass is 35.5. The molecule has 2 rings (SSSR count). The van der Waals surface area contributed by atoms with Gasteiger partial charge in [-0.15, -0.1) is 11.3 Å². The van der Waals surface area contributed by atoms with E-state index in [1.165, 1.54) is 11.3 Å². The quantitative estimate of drug-likeness (QED) is 0.653. The zero-order valence-electron chi connectivity index (χ0n) is 10.3. The number of halogens is 1. The fraction of sp³-hybridized carbons (Fsp3) is 0.231. The first kappa shape index (κ1) is 13.1. The van der Waals surface area contributed by atoms with Gasteiger partial charge >= 0.3 is 0 Å². The maximum atomic E-state index is 5.86. The Morgan fingerprint density at radius 3 is 2.78 bits per heavy atom. The van der Waals surface area contributed by atoms with Gasteiger partial charge < -0.3 is 0 Å². The number of hydrogen-bond acceptors (Lipinski definition) is 4. The van der Waals surface area contributed by atoms with Crippen molar-refractivity contribution < 1.29 is 0 Å². The van der Waals surface area contributed by atoms with Gasteiger partial charge in [-0.05, 0) is 25.5 Å². The molecule has 0 atom stereocenters. The van der Waals surface area contributed by atoms with Gasteiger partial charge in [0.15, 0.2) is 0 Å². The van der Waals surface area contributed by atoms with E-state index >= 15 is 0 Å². The van der Waals surface area contributed by atoms with E-state index in [0.29, 0.717) is 0 Å². The number of nitrogens with one attached hydrogen (secondary N) is 1. The van der Waals surface area contributed by atoms with Crippen molar-refractivity contribution in [2.75, 3.05) is 5.43 Å².